The Morgan fingerprint density at radius 3 is 2.67 bits per heavy atom. The van der Waals surface area contributed by atoms with Gasteiger partial charge in [-0.1, -0.05) is 6.92 Å². The zero-order valence-corrected chi connectivity index (χ0v) is 10.7. The lowest BCUT2D eigenvalue weighted by Gasteiger charge is -2.41. The van der Waals surface area contributed by atoms with Crippen LogP contribution in [-0.2, 0) is 0 Å². The molecule has 0 aliphatic heterocycles. The number of nitrogens with two attached hydrogens (primary N) is 1. The molecule has 1 aliphatic rings. The van der Waals surface area contributed by atoms with Gasteiger partial charge in [-0.05, 0) is 25.7 Å². The first-order valence-electron chi connectivity index (χ1n) is 6.45. The fourth-order valence-corrected chi connectivity index (χ4v) is 2.07. The summed E-state index contributed by atoms with van der Waals surface area (Å²) in [7, 11) is 0. The topological polar surface area (TPSA) is 96.1 Å². The average Bonchev–Trinajstić information content (AvgIpc) is 2.30. The van der Waals surface area contributed by atoms with E-state index in [-0.39, 0.29) is 18.1 Å². The summed E-state index contributed by atoms with van der Waals surface area (Å²) in [6.07, 6.45) is 4.08. The monoisotopic (exact) mass is 251 g/mol. The van der Waals surface area contributed by atoms with Crippen molar-refractivity contribution < 1.29 is 5.11 Å². The van der Waals surface area contributed by atoms with Crippen LogP contribution in [0.5, 0.6) is 0 Å². The number of nitrogens with zero attached hydrogens (tertiary/aromatic N) is 2. The number of aliphatic hydroxyl groups excluding tert-OH is 1. The quantitative estimate of drug-likeness (QED) is 0.607. The van der Waals surface area contributed by atoms with Gasteiger partial charge >= 0.3 is 0 Å². The fourth-order valence-electron chi connectivity index (χ4n) is 2.07. The van der Waals surface area contributed by atoms with Gasteiger partial charge in [0.05, 0.1) is 12.1 Å². The van der Waals surface area contributed by atoms with Crippen molar-refractivity contribution in [1.82, 2.24) is 9.97 Å². The number of nitrogen functional groups attached to an aromatic ring is 1. The molecule has 1 aromatic heterocycles. The Hall–Kier alpha value is -1.56. The number of anilines is 3. The van der Waals surface area contributed by atoms with Crippen molar-refractivity contribution in [1.29, 1.82) is 0 Å². The highest BCUT2D eigenvalue weighted by Crippen LogP contribution is 2.34. The van der Waals surface area contributed by atoms with Crippen molar-refractivity contribution in [3.05, 3.63) is 6.07 Å². The highest BCUT2D eigenvalue weighted by Gasteiger charge is 2.36. The van der Waals surface area contributed by atoms with Gasteiger partial charge in [0.15, 0.2) is 0 Å². The number of aliphatic hydroxyl groups is 1. The summed E-state index contributed by atoms with van der Waals surface area (Å²) < 4.78 is 0. The lowest BCUT2D eigenvalue weighted by atomic mass is 9.77. The summed E-state index contributed by atoms with van der Waals surface area (Å²) in [4.78, 5) is 8.29. The van der Waals surface area contributed by atoms with Crippen LogP contribution in [0.4, 0.5) is 17.6 Å². The number of nitrogens with one attached hydrogen (secondary N) is 2. The van der Waals surface area contributed by atoms with E-state index in [1.807, 2.05) is 6.07 Å². The summed E-state index contributed by atoms with van der Waals surface area (Å²) in [5, 5.41) is 15.9. The molecule has 2 rings (SSSR count). The predicted molar refractivity (Wildman–Crippen MR) is 72.5 cm³/mol. The molecular weight excluding hydrogens is 230 g/mol. The van der Waals surface area contributed by atoms with E-state index in [0.717, 1.165) is 38.0 Å². The molecule has 6 heteroatoms. The van der Waals surface area contributed by atoms with E-state index in [1.165, 1.54) is 0 Å². The molecule has 0 spiro atoms. The van der Waals surface area contributed by atoms with Gasteiger partial charge in [-0.15, -0.1) is 0 Å². The molecule has 0 amide bonds. The van der Waals surface area contributed by atoms with Crippen molar-refractivity contribution in [2.45, 2.75) is 38.1 Å². The number of rotatable bonds is 6. The maximum absolute atomic E-state index is 9.43. The molecule has 0 atom stereocenters. The number of aromatic nitrogens is 2. The first-order valence-corrected chi connectivity index (χ1v) is 6.45. The van der Waals surface area contributed by atoms with E-state index in [1.54, 1.807) is 0 Å². The minimum Gasteiger partial charge on any atom is -0.394 e. The maximum atomic E-state index is 9.43. The minimum atomic E-state index is -0.219. The molecule has 18 heavy (non-hydrogen) atoms. The summed E-state index contributed by atoms with van der Waals surface area (Å²) in [5.41, 5.74) is 5.47. The smallest absolute Gasteiger partial charge is 0.223 e. The average molecular weight is 251 g/mol. The lowest BCUT2D eigenvalue weighted by Crippen LogP contribution is -2.48. The van der Waals surface area contributed by atoms with E-state index in [4.69, 9.17) is 5.73 Å². The second-order valence-corrected chi connectivity index (χ2v) is 4.84. The van der Waals surface area contributed by atoms with Crippen molar-refractivity contribution in [3.8, 4) is 0 Å². The van der Waals surface area contributed by atoms with E-state index in [0.29, 0.717) is 5.82 Å². The predicted octanol–water partition coefficient (Wildman–Crippen LogP) is 1.21. The van der Waals surface area contributed by atoms with Gasteiger partial charge in [0, 0.05) is 12.6 Å². The molecule has 6 nitrogen and oxygen atoms in total. The third-order valence-corrected chi connectivity index (χ3v) is 3.31. The van der Waals surface area contributed by atoms with E-state index >= 15 is 0 Å². The Bertz CT molecular complexity index is 400. The van der Waals surface area contributed by atoms with Gasteiger partial charge in [-0.3, -0.25) is 0 Å². The third-order valence-electron chi connectivity index (χ3n) is 3.31. The Kier molecular flexibility index (Phi) is 3.86. The van der Waals surface area contributed by atoms with Gasteiger partial charge < -0.3 is 21.5 Å². The molecule has 1 fully saturated rings. The van der Waals surface area contributed by atoms with Crippen molar-refractivity contribution in [3.63, 3.8) is 0 Å². The van der Waals surface area contributed by atoms with Crippen LogP contribution >= 0.6 is 0 Å². The molecular formula is C12H21N5O. The molecule has 1 aliphatic carbocycles. The fraction of sp³-hybridized carbons (Fsp3) is 0.667. The van der Waals surface area contributed by atoms with Crippen LogP contribution in [-0.4, -0.2) is 33.8 Å². The summed E-state index contributed by atoms with van der Waals surface area (Å²) in [6.45, 7) is 3.06. The van der Waals surface area contributed by atoms with Crippen LogP contribution in [0.2, 0.25) is 0 Å². The Morgan fingerprint density at radius 2 is 2.11 bits per heavy atom. The van der Waals surface area contributed by atoms with Gasteiger partial charge in [0.1, 0.15) is 11.6 Å². The highest BCUT2D eigenvalue weighted by molar-refractivity contribution is 5.52. The normalized spacial score (nSPS) is 17.0. The molecule has 1 heterocycles. The van der Waals surface area contributed by atoms with Crippen LogP contribution in [0.25, 0.3) is 0 Å². The zero-order chi connectivity index (χ0) is 13.0. The first kappa shape index (κ1) is 12.9. The highest BCUT2D eigenvalue weighted by atomic mass is 16.3. The maximum Gasteiger partial charge on any atom is 0.223 e. The molecule has 5 N–H and O–H groups in total. The van der Waals surface area contributed by atoms with Gasteiger partial charge in [-0.2, -0.15) is 9.97 Å². The number of hydrogen-bond donors (Lipinski definition) is 4. The van der Waals surface area contributed by atoms with Gasteiger partial charge in [0.25, 0.3) is 0 Å². The molecule has 1 saturated carbocycles. The van der Waals surface area contributed by atoms with Gasteiger partial charge in [0.2, 0.25) is 5.95 Å². The molecule has 0 bridgehead atoms. The van der Waals surface area contributed by atoms with E-state index in [9.17, 15) is 5.11 Å². The largest absolute Gasteiger partial charge is 0.394 e. The SMILES string of the molecule is CCCNc1cc(NC2(CO)CCC2)nc(N)n1. The molecule has 0 radical (unpaired) electrons. The van der Waals surface area contributed by atoms with E-state index < -0.39 is 0 Å². The molecule has 0 saturated heterocycles. The van der Waals surface area contributed by atoms with Crippen molar-refractivity contribution >= 4 is 17.6 Å². The molecule has 100 valence electrons. The lowest BCUT2D eigenvalue weighted by molar-refractivity contribution is 0.144. The molecule has 0 unspecified atom stereocenters. The van der Waals surface area contributed by atoms with Crippen molar-refractivity contribution in [2.75, 3.05) is 29.5 Å². The standard InChI is InChI=1S/C12H21N5O/c1-2-6-14-9-7-10(16-11(13)15-9)17-12(8-18)4-3-5-12/h7,18H,2-6,8H2,1H3,(H4,13,14,15,16,17). The molecule has 1 aromatic rings. The Balaban J connectivity index is 2.09. The zero-order valence-electron chi connectivity index (χ0n) is 10.7. The van der Waals surface area contributed by atoms with Crippen LogP contribution in [0.3, 0.4) is 0 Å². The van der Waals surface area contributed by atoms with Crippen LogP contribution in [0.15, 0.2) is 6.07 Å². The summed E-state index contributed by atoms with van der Waals surface area (Å²) in [5.74, 6) is 1.64. The second kappa shape index (κ2) is 5.39. The van der Waals surface area contributed by atoms with Crippen LogP contribution in [0.1, 0.15) is 32.6 Å². The Labute approximate surface area is 107 Å². The van der Waals surface area contributed by atoms with Gasteiger partial charge in [-0.25, -0.2) is 0 Å². The van der Waals surface area contributed by atoms with Crippen molar-refractivity contribution in [2.24, 2.45) is 0 Å². The summed E-state index contributed by atoms with van der Waals surface area (Å²) >= 11 is 0. The van der Waals surface area contributed by atoms with Crippen LogP contribution in [0, 0.1) is 0 Å². The third kappa shape index (κ3) is 2.81. The summed E-state index contributed by atoms with van der Waals surface area (Å²) in [6, 6.07) is 1.84. The minimum absolute atomic E-state index is 0.120. The first-order chi connectivity index (χ1) is 8.67. The van der Waals surface area contributed by atoms with Crippen LogP contribution < -0.4 is 16.4 Å². The molecule has 0 aromatic carbocycles. The van der Waals surface area contributed by atoms with E-state index in [2.05, 4.69) is 27.5 Å². The number of hydrogen-bond acceptors (Lipinski definition) is 6. The second-order valence-electron chi connectivity index (χ2n) is 4.84. The Morgan fingerprint density at radius 1 is 1.39 bits per heavy atom.